The van der Waals surface area contributed by atoms with Crippen LogP contribution >= 0.6 is 0 Å². The molecule has 0 saturated carbocycles. The molecule has 0 heterocycles. The predicted octanol–water partition coefficient (Wildman–Crippen LogP) is 3.35. The summed E-state index contributed by atoms with van der Waals surface area (Å²) in [5.41, 5.74) is 4.85. The molecule has 1 nitrogen and oxygen atoms in total. The van der Waals surface area contributed by atoms with E-state index in [9.17, 15) is 22.0 Å². The van der Waals surface area contributed by atoms with Crippen molar-refractivity contribution in [3.05, 3.63) is 46.8 Å². The van der Waals surface area contributed by atoms with Gasteiger partial charge in [0, 0.05) is 11.6 Å². The van der Waals surface area contributed by atoms with E-state index in [0.29, 0.717) is 5.57 Å². The fourth-order valence-electron chi connectivity index (χ4n) is 1.42. The Balaban J connectivity index is 3.38. The zero-order chi connectivity index (χ0) is 13.3. The molecule has 0 radical (unpaired) electrons. The summed E-state index contributed by atoms with van der Waals surface area (Å²) < 4.78 is 65.0. The number of nitrogens with two attached hydrogens (primary N) is 1. The van der Waals surface area contributed by atoms with Crippen LogP contribution in [0.1, 0.15) is 24.9 Å². The summed E-state index contributed by atoms with van der Waals surface area (Å²) in [6.07, 6.45) is -0.0711. The Labute approximate surface area is 94.7 Å². The first kappa shape index (κ1) is 13.6. The molecule has 0 saturated heterocycles. The Bertz CT molecular complexity index is 440. The van der Waals surface area contributed by atoms with Gasteiger partial charge in [0.1, 0.15) is 0 Å². The fraction of sp³-hybridized carbons (Fsp3) is 0.273. The number of halogens is 5. The van der Waals surface area contributed by atoms with Crippen molar-refractivity contribution >= 4 is 0 Å². The van der Waals surface area contributed by atoms with E-state index in [2.05, 4.69) is 6.58 Å². The molecule has 1 atom stereocenters. The summed E-state index contributed by atoms with van der Waals surface area (Å²) in [6.45, 7) is 4.99. The second-order valence-corrected chi connectivity index (χ2v) is 3.75. The lowest BCUT2D eigenvalue weighted by Gasteiger charge is -2.15. The van der Waals surface area contributed by atoms with Crippen LogP contribution in [0.15, 0.2) is 12.2 Å². The summed E-state index contributed by atoms with van der Waals surface area (Å²) in [5.74, 6) is -9.95. The summed E-state index contributed by atoms with van der Waals surface area (Å²) in [7, 11) is 0. The zero-order valence-corrected chi connectivity index (χ0v) is 8.96. The van der Waals surface area contributed by atoms with Crippen LogP contribution in [0.5, 0.6) is 0 Å². The van der Waals surface area contributed by atoms with E-state index in [1.807, 2.05) is 0 Å². The minimum Gasteiger partial charge on any atom is -0.323 e. The van der Waals surface area contributed by atoms with Crippen molar-refractivity contribution in [1.29, 1.82) is 0 Å². The number of hydrogen-bond acceptors (Lipinski definition) is 1. The molecule has 0 amide bonds. The van der Waals surface area contributed by atoms with Crippen molar-refractivity contribution in [3.8, 4) is 0 Å². The van der Waals surface area contributed by atoms with Gasteiger partial charge in [0.2, 0.25) is 5.82 Å². The molecule has 2 N–H and O–H groups in total. The molecule has 17 heavy (non-hydrogen) atoms. The minimum absolute atomic E-state index is 0.0711. The van der Waals surface area contributed by atoms with Crippen molar-refractivity contribution in [2.75, 3.05) is 0 Å². The molecular weight excluding hydrogens is 241 g/mol. The second-order valence-electron chi connectivity index (χ2n) is 3.75. The maximum absolute atomic E-state index is 13.3. The highest BCUT2D eigenvalue weighted by molar-refractivity contribution is 5.27. The first-order valence-corrected chi connectivity index (χ1v) is 4.68. The van der Waals surface area contributed by atoms with Gasteiger partial charge in [0.05, 0.1) is 0 Å². The Morgan fingerprint density at radius 1 is 1.00 bits per heavy atom. The van der Waals surface area contributed by atoms with Crippen LogP contribution in [-0.4, -0.2) is 0 Å². The van der Waals surface area contributed by atoms with Gasteiger partial charge < -0.3 is 5.73 Å². The maximum Gasteiger partial charge on any atom is 0.200 e. The second kappa shape index (κ2) is 4.83. The smallest absolute Gasteiger partial charge is 0.200 e. The van der Waals surface area contributed by atoms with Crippen LogP contribution in [0, 0.1) is 29.1 Å². The standard InChI is InChI=1S/C11H10F5N/c1-4(2)3-5(17)6-7(12)9(14)11(16)10(15)8(6)13/h5H,1,3,17H2,2H3. The highest BCUT2D eigenvalue weighted by atomic mass is 19.2. The first-order valence-electron chi connectivity index (χ1n) is 4.68. The van der Waals surface area contributed by atoms with Gasteiger partial charge in [-0.05, 0) is 13.3 Å². The molecule has 1 rings (SSSR count). The van der Waals surface area contributed by atoms with E-state index in [-0.39, 0.29) is 6.42 Å². The van der Waals surface area contributed by atoms with Crippen molar-refractivity contribution in [2.45, 2.75) is 19.4 Å². The monoisotopic (exact) mass is 251 g/mol. The van der Waals surface area contributed by atoms with Gasteiger partial charge in [-0.2, -0.15) is 0 Å². The summed E-state index contributed by atoms with van der Waals surface area (Å²) >= 11 is 0. The van der Waals surface area contributed by atoms with Crippen LogP contribution in [0.4, 0.5) is 22.0 Å². The molecule has 0 fully saturated rings. The molecule has 0 bridgehead atoms. The number of hydrogen-bond donors (Lipinski definition) is 1. The van der Waals surface area contributed by atoms with Gasteiger partial charge in [-0.1, -0.05) is 5.57 Å². The fourth-order valence-corrected chi connectivity index (χ4v) is 1.42. The molecular formula is C11H10F5N. The van der Waals surface area contributed by atoms with Gasteiger partial charge in [0.15, 0.2) is 23.3 Å². The van der Waals surface area contributed by atoms with Crippen LogP contribution in [0.25, 0.3) is 0 Å². The minimum atomic E-state index is -2.19. The lowest BCUT2D eigenvalue weighted by atomic mass is 9.99. The van der Waals surface area contributed by atoms with Gasteiger partial charge >= 0.3 is 0 Å². The lowest BCUT2D eigenvalue weighted by Crippen LogP contribution is -2.18. The SMILES string of the molecule is C=C(C)CC(N)c1c(F)c(F)c(F)c(F)c1F. The molecule has 6 heteroatoms. The predicted molar refractivity (Wildman–Crippen MR) is 52.6 cm³/mol. The molecule has 0 aliphatic rings. The Kier molecular flexibility index (Phi) is 3.87. The van der Waals surface area contributed by atoms with E-state index < -0.39 is 40.7 Å². The Morgan fingerprint density at radius 3 is 1.71 bits per heavy atom. The Hall–Kier alpha value is -1.43. The van der Waals surface area contributed by atoms with Crippen molar-refractivity contribution in [2.24, 2.45) is 5.73 Å². The highest BCUT2D eigenvalue weighted by Crippen LogP contribution is 2.29. The van der Waals surface area contributed by atoms with Crippen LogP contribution < -0.4 is 5.73 Å². The molecule has 0 aromatic heterocycles. The van der Waals surface area contributed by atoms with Gasteiger partial charge in [-0.25, -0.2) is 22.0 Å². The molecule has 1 aromatic rings. The summed E-state index contributed by atoms with van der Waals surface area (Å²) in [4.78, 5) is 0. The third kappa shape index (κ3) is 2.46. The van der Waals surface area contributed by atoms with E-state index >= 15 is 0 Å². The van der Waals surface area contributed by atoms with Gasteiger partial charge in [0.25, 0.3) is 0 Å². The summed E-state index contributed by atoms with van der Waals surface area (Å²) in [6, 6.07) is -1.32. The largest absolute Gasteiger partial charge is 0.323 e. The third-order valence-corrected chi connectivity index (χ3v) is 2.18. The van der Waals surface area contributed by atoms with E-state index in [1.165, 1.54) is 6.92 Å². The average Bonchev–Trinajstić information content (AvgIpc) is 2.23. The maximum atomic E-state index is 13.3. The molecule has 0 spiro atoms. The average molecular weight is 251 g/mol. The molecule has 1 aromatic carbocycles. The molecule has 0 aliphatic heterocycles. The quantitative estimate of drug-likeness (QED) is 0.379. The number of benzene rings is 1. The van der Waals surface area contributed by atoms with Gasteiger partial charge in [-0.15, -0.1) is 6.58 Å². The van der Waals surface area contributed by atoms with Crippen LogP contribution in [0.3, 0.4) is 0 Å². The Morgan fingerprint density at radius 2 is 1.35 bits per heavy atom. The van der Waals surface area contributed by atoms with E-state index in [4.69, 9.17) is 5.73 Å². The molecule has 1 unspecified atom stereocenters. The van der Waals surface area contributed by atoms with Gasteiger partial charge in [-0.3, -0.25) is 0 Å². The lowest BCUT2D eigenvalue weighted by molar-refractivity contribution is 0.363. The van der Waals surface area contributed by atoms with E-state index in [1.54, 1.807) is 0 Å². The van der Waals surface area contributed by atoms with Crippen LogP contribution in [0.2, 0.25) is 0 Å². The van der Waals surface area contributed by atoms with E-state index in [0.717, 1.165) is 0 Å². The zero-order valence-electron chi connectivity index (χ0n) is 8.96. The van der Waals surface area contributed by atoms with Crippen molar-refractivity contribution < 1.29 is 22.0 Å². The topological polar surface area (TPSA) is 26.0 Å². The van der Waals surface area contributed by atoms with Crippen molar-refractivity contribution in [3.63, 3.8) is 0 Å². The normalized spacial score (nSPS) is 12.6. The number of rotatable bonds is 3. The molecule has 0 aliphatic carbocycles. The van der Waals surface area contributed by atoms with Crippen LogP contribution in [-0.2, 0) is 0 Å². The highest BCUT2D eigenvalue weighted by Gasteiger charge is 2.28. The van der Waals surface area contributed by atoms with Crippen molar-refractivity contribution in [1.82, 2.24) is 0 Å². The first-order chi connectivity index (χ1) is 7.77. The summed E-state index contributed by atoms with van der Waals surface area (Å²) in [5, 5.41) is 0. The molecule has 94 valence electrons. The third-order valence-electron chi connectivity index (χ3n) is 2.18.